The van der Waals surface area contributed by atoms with Crippen molar-refractivity contribution in [1.82, 2.24) is 0 Å². The van der Waals surface area contributed by atoms with Crippen LogP contribution in [0.5, 0.6) is 0 Å². The van der Waals surface area contributed by atoms with Crippen LogP contribution in [0.25, 0.3) is 0 Å². The zero-order valence-corrected chi connectivity index (χ0v) is 19.5. The topological polar surface area (TPSA) is 66.5 Å². The lowest BCUT2D eigenvalue weighted by Crippen LogP contribution is -2.38. The van der Waals surface area contributed by atoms with Crippen LogP contribution in [0, 0.1) is 27.7 Å². The maximum absolute atomic E-state index is 13.5. The number of sulfonamides is 1. The van der Waals surface area contributed by atoms with E-state index in [-0.39, 0.29) is 11.4 Å². The van der Waals surface area contributed by atoms with Gasteiger partial charge in [0.1, 0.15) is 6.54 Å². The molecule has 7 heteroatoms. The number of nitrogens with one attached hydrogen (secondary N) is 1. The Balaban J connectivity index is 1.98. The second kappa shape index (κ2) is 9.12. The molecule has 0 aliphatic rings. The van der Waals surface area contributed by atoms with Gasteiger partial charge in [0.25, 0.3) is 10.0 Å². The summed E-state index contributed by atoms with van der Waals surface area (Å²) in [6.07, 6.45) is 0. The van der Waals surface area contributed by atoms with Crippen LogP contribution in [0.1, 0.15) is 22.3 Å². The molecule has 0 aliphatic heterocycles. The smallest absolute Gasteiger partial charge is 0.264 e. The summed E-state index contributed by atoms with van der Waals surface area (Å²) in [5, 5.41) is 3.27. The summed E-state index contributed by atoms with van der Waals surface area (Å²) in [5.74, 6) is -0.462. The minimum atomic E-state index is -3.96. The molecular formula is C24H25ClN2O3S. The summed E-state index contributed by atoms with van der Waals surface area (Å²) in [4.78, 5) is 13.0. The maximum atomic E-state index is 13.5. The predicted octanol–water partition coefficient (Wildman–Crippen LogP) is 5.41. The van der Waals surface area contributed by atoms with Gasteiger partial charge in [-0.15, -0.1) is 0 Å². The van der Waals surface area contributed by atoms with Crippen molar-refractivity contribution >= 4 is 38.9 Å². The van der Waals surface area contributed by atoms with Gasteiger partial charge in [0.2, 0.25) is 5.91 Å². The Morgan fingerprint density at radius 1 is 0.871 bits per heavy atom. The van der Waals surface area contributed by atoms with E-state index in [1.165, 1.54) is 0 Å². The lowest BCUT2D eigenvalue weighted by molar-refractivity contribution is -0.114. The Morgan fingerprint density at radius 3 is 2.13 bits per heavy atom. The van der Waals surface area contributed by atoms with E-state index in [2.05, 4.69) is 5.32 Å². The molecule has 0 saturated carbocycles. The summed E-state index contributed by atoms with van der Waals surface area (Å²) in [7, 11) is -3.96. The molecule has 0 radical (unpaired) electrons. The van der Waals surface area contributed by atoms with E-state index in [9.17, 15) is 13.2 Å². The van der Waals surface area contributed by atoms with Crippen molar-refractivity contribution in [1.29, 1.82) is 0 Å². The van der Waals surface area contributed by atoms with Crippen LogP contribution in [0.15, 0.2) is 65.6 Å². The minimum Gasteiger partial charge on any atom is -0.324 e. The van der Waals surface area contributed by atoms with Gasteiger partial charge in [0.15, 0.2) is 0 Å². The van der Waals surface area contributed by atoms with Gasteiger partial charge in [-0.2, -0.15) is 0 Å². The largest absolute Gasteiger partial charge is 0.324 e. The van der Waals surface area contributed by atoms with Gasteiger partial charge in [-0.05, 0) is 69.2 Å². The zero-order chi connectivity index (χ0) is 22.8. The molecule has 0 atom stereocenters. The molecule has 0 unspecified atom stereocenters. The summed E-state index contributed by atoms with van der Waals surface area (Å²) in [5.41, 5.74) is 4.58. The number of halogens is 1. The van der Waals surface area contributed by atoms with Crippen molar-refractivity contribution in [2.45, 2.75) is 32.6 Å². The van der Waals surface area contributed by atoms with E-state index < -0.39 is 15.9 Å². The Kier molecular flexibility index (Phi) is 6.72. The monoisotopic (exact) mass is 456 g/mol. The number of nitrogens with zero attached hydrogens (tertiary/aromatic N) is 1. The Bertz CT molecular complexity index is 1220. The van der Waals surface area contributed by atoms with Crippen LogP contribution in [0.2, 0.25) is 5.02 Å². The van der Waals surface area contributed by atoms with Crippen LogP contribution >= 0.6 is 11.6 Å². The fraction of sp³-hybridized carbons (Fsp3) is 0.208. The van der Waals surface area contributed by atoms with Gasteiger partial charge >= 0.3 is 0 Å². The summed E-state index contributed by atoms with van der Waals surface area (Å²) in [6, 6.07) is 17.2. The fourth-order valence-corrected chi connectivity index (χ4v) is 4.89. The molecule has 1 amide bonds. The second-order valence-corrected chi connectivity index (χ2v) is 9.90. The Morgan fingerprint density at radius 2 is 1.52 bits per heavy atom. The first-order valence-corrected chi connectivity index (χ1v) is 11.6. The first-order chi connectivity index (χ1) is 14.6. The molecule has 1 N–H and O–H groups in total. The molecule has 3 aromatic rings. The van der Waals surface area contributed by atoms with Crippen molar-refractivity contribution in [2.75, 3.05) is 16.2 Å². The van der Waals surface area contributed by atoms with E-state index in [0.29, 0.717) is 16.4 Å². The van der Waals surface area contributed by atoms with Crippen molar-refractivity contribution in [2.24, 2.45) is 0 Å². The molecule has 0 fully saturated rings. The fourth-order valence-electron chi connectivity index (χ4n) is 3.22. The van der Waals surface area contributed by atoms with Gasteiger partial charge in [-0.25, -0.2) is 8.42 Å². The molecule has 3 rings (SSSR count). The summed E-state index contributed by atoms with van der Waals surface area (Å²) >= 11 is 6.14. The number of carbonyl (C=O) groups is 1. The Labute approximate surface area is 188 Å². The molecule has 0 saturated heterocycles. The quantitative estimate of drug-likeness (QED) is 0.539. The number of hydrogen-bond acceptors (Lipinski definition) is 3. The van der Waals surface area contributed by atoms with Crippen molar-refractivity contribution < 1.29 is 13.2 Å². The van der Waals surface area contributed by atoms with Gasteiger partial charge in [0, 0.05) is 10.7 Å². The molecule has 0 aromatic heterocycles. The van der Waals surface area contributed by atoms with E-state index in [4.69, 9.17) is 11.6 Å². The summed E-state index contributed by atoms with van der Waals surface area (Å²) < 4.78 is 28.1. The molecule has 5 nitrogen and oxygen atoms in total. The highest BCUT2D eigenvalue weighted by molar-refractivity contribution is 7.92. The molecule has 0 spiro atoms. The van der Waals surface area contributed by atoms with Crippen LogP contribution < -0.4 is 9.62 Å². The lowest BCUT2D eigenvalue weighted by Gasteiger charge is -2.26. The van der Waals surface area contributed by atoms with E-state index in [1.807, 2.05) is 39.8 Å². The van der Waals surface area contributed by atoms with E-state index in [0.717, 1.165) is 26.6 Å². The molecule has 162 valence electrons. The highest BCUT2D eigenvalue weighted by Gasteiger charge is 2.28. The first kappa shape index (κ1) is 22.8. The normalized spacial score (nSPS) is 11.3. The SMILES string of the molecule is Cc1ccc(S(=O)(=O)N(CC(=O)Nc2ccc(C)c(Cl)c2)c2ccc(C)cc2C)cc1. The number of anilines is 2. The van der Waals surface area contributed by atoms with Gasteiger partial charge in [0.05, 0.1) is 10.6 Å². The van der Waals surface area contributed by atoms with Crippen LogP contribution in [0.3, 0.4) is 0 Å². The third-order valence-electron chi connectivity index (χ3n) is 4.97. The number of benzene rings is 3. The molecule has 31 heavy (non-hydrogen) atoms. The standard InChI is InChI=1S/C24H25ClN2O3S/c1-16-5-10-21(11-6-16)31(29,30)27(23-12-7-17(2)13-19(23)4)15-24(28)26-20-9-8-18(3)22(25)14-20/h5-14H,15H2,1-4H3,(H,26,28). The lowest BCUT2D eigenvalue weighted by atomic mass is 10.1. The van der Waals surface area contributed by atoms with Crippen molar-refractivity contribution in [3.63, 3.8) is 0 Å². The van der Waals surface area contributed by atoms with E-state index >= 15 is 0 Å². The van der Waals surface area contributed by atoms with Crippen LogP contribution in [-0.2, 0) is 14.8 Å². The van der Waals surface area contributed by atoms with Crippen molar-refractivity contribution in [3.05, 3.63) is 87.9 Å². The number of aryl methyl sites for hydroxylation is 4. The van der Waals surface area contributed by atoms with Crippen LogP contribution in [-0.4, -0.2) is 20.9 Å². The average molecular weight is 457 g/mol. The first-order valence-electron chi connectivity index (χ1n) is 9.80. The summed E-state index contributed by atoms with van der Waals surface area (Å²) in [6.45, 7) is 7.15. The van der Waals surface area contributed by atoms with Crippen LogP contribution in [0.4, 0.5) is 11.4 Å². The van der Waals surface area contributed by atoms with E-state index in [1.54, 1.807) is 48.5 Å². The number of hydrogen-bond donors (Lipinski definition) is 1. The second-order valence-electron chi connectivity index (χ2n) is 7.63. The highest BCUT2D eigenvalue weighted by atomic mass is 35.5. The molecule has 0 bridgehead atoms. The number of amides is 1. The van der Waals surface area contributed by atoms with Crippen molar-refractivity contribution in [3.8, 4) is 0 Å². The molecular weight excluding hydrogens is 432 g/mol. The molecule has 0 aliphatic carbocycles. The van der Waals surface area contributed by atoms with Gasteiger partial charge in [-0.3, -0.25) is 9.10 Å². The Hall–Kier alpha value is -2.83. The van der Waals surface area contributed by atoms with Gasteiger partial charge < -0.3 is 5.32 Å². The zero-order valence-electron chi connectivity index (χ0n) is 17.9. The maximum Gasteiger partial charge on any atom is 0.264 e. The molecule has 0 heterocycles. The third-order valence-corrected chi connectivity index (χ3v) is 7.15. The third kappa shape index (κ3) is 5.27. The minimum absolute atomic E-state index is 0.129. The predicted molar refractivity (Wildman–Crippen MR) is 126 cm³/mol. The highest BCUT2D eigenvalue weighted by Crippen LogP contribution is 2.28. The molecule has 3 aromatic carbocycles. The average Bonchev–Trinajstić information content (AvgIpc) is 2.70. The number of carbonyl (C=O) groups excluding carboxylic acids is 1. The van der Waals surface area contributed by atoms with Gasteiger partial charge in [-0.1, -0.05) is 53.1 Å². The number of rotatable bonds is 6.